The van der Waals surface area contributed by atoms with Crippen molar-refractivity contribution < 1.29 is 19.1 Å². The van der Waals surface area contributed by atoms with Crippen molar-refractivity contribution >= 4 is 18.5 Å². The lowest BCUT2D eigenvalue weighted by atomic mass is 9.48. The Hall–Kier alpha value is -1.45. The average Bonchev–Trinajstić information content (AvgIpc) is 2.35. The number of hydrogen-bond donors (Lipinski definition) is 0. The predicted octanol–water partition coefficient (Wildman–Crippen LogP) is 2.70. The zero-order valence-electron chi connectivity index (χ0n) is 13.2. The van der Waals surface area contributed by atoms with Crippen LogP contribution in [0.15, 0.2) is 11.6 Å². The Morgan fingerprint density at radius 1 is 1.29 bits per heavy atom. The highest BCUT2D eigenvalue weighted by Crippen LogP contribution is 2.59. The number of esters is 1. The SMILES string of the molecule is CC(=O)O[C@@H]1C=C(C=O)[C@H](C=O)[C@@]2(C)CCCC(C)(C)[C@H]12. The van der Waals surface area contributed by atoms with Crippen LogP contribution in [0.4, 0.5) is 0 Å². The molecule has 2 aliphatic rings. The first-order valence-electron chi connectivity index (χ1n) is 7.55. The fourth-order valence-electron chi connectivity index (χ4n) is 4.71. The van der Waals surface area contributed by atoms with Crippen LogP contribution in [0, 0.1) is 22.7 Å². The van der Waals surface area contributed by atoms with E-state index < -0.39 is 12.0 Å². The van der Waals surface area contributed by atoms with E-state index in [-0.39, 0.29) is 22.7 Å². The molecular formula is C17H24O4. The number of allylic oxidation sites excluding steroid dienone is 1. The molecule has 0 heterocycles. The number of fused-ring (bicyclic) bond motifs is 1. The van der Waals surface area contributed by atoms with Gasteiger partial charge in [-0.05, 0) is 29.7 Å². The first-order chi connectivity index (χ1) is 9.76. The van der Waals surface area contributed by atoms with Crippen molar-refractivity contribution in [3.8, 4) is 0 Å². The number of ether oxygens (including phenoxy) is 1. The Morgan fingerprint density at radius 2 is 1.95 bits per heavy atom. The average molecular weight is 292 g/mol. The second kappa shape index (κ2) is 5.39. The topological polar surface area (TPSA) is 60.4 Å². The van der Waals surface area contributed by atoms with Gasteiger partial charge >= 0.3 is 5.97 Å². The van der Waals surface area contributed by atoms with Crippen molar-refractivity contribution in [1.29, 1.82) is 0 Å². The minimum absolute atomic E-state index is 0.0424. The van der Waals surface area contributed by atoms with Crippen molar-refractivity contribution in [3.05, 3.63) is 11.6 Å². The minimum atomic E-state index is -0.431. The lowest BCUT2D eigenvalue weighted by Gasteiger charge is -2.57. The molecule has 0 radical (unpaired) electrons. The number of aldehydes is 2. The van der Waals surface area contributed by atoms with Crippen molar-refractivity contribution in [2.45, 2.75) is 53.1 Å². The molecule has 4 heteroatoms. The summed E-state index contributed by atoms with van der Waals surface area (Å²) in [5.41, 5.74) is 0.0705. The summed E-state index contributed by atoms with van der Waals surface area (Å²) in [5.74, 6) is -0.720. The number of hydrogen-bond acceptors (Lipinski definition) is 4. The normalized spacial score (nSPS) is 37.9. The molecule has 0 bridgehead atoms. The van der Waals surface area contributed by atoms with Gasteiger partial charge in [0.2, 0.25) is 0 Å². The smallest absolute Gasteiger partial charge is 0.303 e. The maximum atomic E-state index is 11.6. The third kappa shape index (κ3) is 2.56. The van der Waals surface area contributed by atoms with Crippen LogP contribution in [0.5, 0.6) is 0 Å². The Labute approximate surface area is 125 Å². The summed E-state index contributed by atoms with van der Waals surface area (Å²) in [4.78, 5) is 34.4. The molecule has 0 aromatic rings. The molecule has 0 aliphatic heterocycles. The van der Waals surface area contributed by atoms with E-state index in [0.29, 0.717) is 5.57 Å². The van der Waals surface area contributed by atoms with Gasteiger partial charge in [-0.1, -0.05) is 27.2 Å². The van der Waals surface area contributed by atoms with Crippen LogP contribution in [0.1, 0.15) is 47.0 Å². The van der Waals surface area contributed by atoms with E-state index in [9.17, 15) is 14.4 Å². The van der Waals surface area contributed by atoms with E-state index >= 15 is 0 Å². The van der Waals surface area contributed by atoms with Gasteiger partial charge in [-0.3, -0.25) is 9.59 Å². The second-order valence-electron chi connectivity index (χ2n) is 7.30. The van der Waals surface area contributed by atoms with Crippen LogP contribution < -0.4 is 0 Å². The molecule has 0 N–H and O–H groups in total. The summed E-state index contributed by atoms with van der Waals surface area (Å²) >= 11 is 0. The summed E-state index contributed by atoms with van der Waals surface area (Å²) in [6.07, 6.45) is 5.79. The zero-order valence-corrected chi connectivity index (χ0v) is 13.2. The monoisotopic (exact) mass is 292 g/mol. The van der Waals surface area contributed by atoms with Gasteiger partial charge in [0.1, 0.15) is 18.7 Å². The number of carbonyl (C=O) groups is 3. The largest absolute Gasteiger partial charge is 0.458 e. The molecule has 21 heavy (non-hydrogen) atoms. The standard InChI is InChI=1S/C17H24O4/c1-11(20)21-14-8-12(9-18)13(10-19)17(4)7-5-6-16(2,3)15(14)17/h8-10,13-15H,5-7H2,1-4H3/t13-,14+,15-,17+/m0/s1. The molecule has 0 aromatic heterocycles. The lowest BCUT2D eigenvalue weighted by molar-refractivity contribution is -0.161. The number of rotatable bonds is 3. The highest BCUT2D eigenvalue weighted by molar-refractivity contribution is 5.82. The van der Waals surface area contributed by atoms with Gasteiger partial charge in [0.25, 0.3) is 0 Å². The first kappa shape index (κ1) is 15.9. The molecule has 0 spiro atoms. The highest BCUT2D eigenvalue weighted by Gasteiger charge is 2.57. The maximum absolute atomic E-state index is 11.6. The van der Waals surface area contributed by atoms with E-state index in [1.54, 1.807) is 6.08 Å². The van der Waals surface area contributed by atoms with Gasteiger partial charge in [-0.25, -0.2) is 0 Å². The Balaban J connectivity index is 2.56. The lowest BCUT2D eigenvalue weighted by Crippen LogP contribution is -2.55. The molecular weight excluding hydrogens is 268 g/mol. The van der Waals surface area contributed by atoms with E-state index in [2.05, 4.69) is 20.8 Å². The Bertz CT molecular complexity index is 491. The molecule has 0 saturated heterocycles. The molecule has 2 rings (SSSR count). The van der Waals surface area contributed by atoms with E-state index in [4.69, 9.17) is 4.74 Å². The molecule has 1 saturated carbocycles. The summed E-state index contributed by atoms with van der Waals surface area (Å²) in [6, 6.07) is 0. The van der Waals surface area contributed by atoms with Crippen molar-refractivity contribution in [3.63, 3.8) is 0 Å². The molecule has 116 valence electrons. The van der Waals surface area contributed by atoms with Crippen LogP contribution in [0.25, 0.3) is 0 Å². The van der Waals surface area contributed by atoms with Gasteiger partial charge in [0.15, 0.2) is 0 Å². The van der Waals surface area contributed by atoms with Gasteiger partial charge in [-0.2, -0.15) is 0 Å². The van der Waals surface area contributed by atoms with E-state index in [1.165, 1.54) is 6.92 Å². The fourth-order valence-corrected chi connectivity index (χ4v) is 4.71. The van der Waals surface area contributed by atoms with Crippen LogP contribution in [0.2, 0.25) is 0 Å². The van der Waals surface area contributed by atoms with Crippen molar-refractivity contribution in [1.82, 2.24) is 0 Å². The molecule has 4 atom stereocenters. The quantitative estimate of drug-likeness (QED) is 0.593. The number of carbonyl (C=O) groups excluding carboxylic acids is 3. The third-order valence-corrected chi connectivity index (χ3v) is 5.42. The summed E-state index contributed by atoms with van der Waals surface area (Å²) in [7, 11) is 0. The third-order valence-electron chi connectivity index (χ3n) is 5.42. The zero-order chi connectivity index (χ0) is 15.8. The molecule has 4 nitrogen and oxygen atoms in total. The van der Waals surface area contributed by atoms with Gasteiger partial charge < -0.3 is 9.53 Å². The summed E-state index contributed by atoms with van der Waals surface area (Å²) in [6.45, 7) is 7.76. The Kier molecular flexibility index (Phi) is 4.09. The predicted molar refractivity (Wildman–Crippen MR) is 78.5 cm³/mol. The van der Waals surface area contributed by atoms with Crippen LogP contribution in [-0.2, 0) is 19.1 Å². The van der Waals surface area contributed by atoms with Gasteiger partial charge in [0, 0.05) is 24.3 Å². The molecule has 0 unspecified atom stereocenters. The Morgan fingerprint density at radius 3 is 2.48 bits per heavy atom. The van der Waals surface area contributed by atoms with Gasteiger partial charge in [-0.15, -0.1) is 0 Å². The minimum Gasteiger partial charge on any atom is -0.458 e. The first-order valence-corrected chi connectivity index (χ1v) is 7.55. The van der Waals surface area contributed by atoms with Gasteiger partial charge in [0.05, 0.1) is 0 Å². The molecule has 0 aromatic carbocycles. The van der Waals surface area contributed by atoms with E-state index in [1.807, 2.05) is 0 Å². The molecule has 2 aliphatic carbocycles. The summed E-state index contributed by atoms with van der Waals surface area (Å²) in [5, 5.41) is 0. The van der Waals surface area contributed by atoms with Crippen molar-refractivity contribution in [2.75, 3.05) is 0 Å². The van der Waals surface area contributed by atoms with Crippen LogP contribution in [0.3, 0.4) is 0 Å². The second-order valence-corrected chi connectivity index (χ2v) is 7.30. The molecule has 0 amide bonds. The summed E-state index contributed by atoms with van der Waals surface area (Å²) < 4.78 is 5.50. The fraction of sp³-hybridized carbons (Fsp3) is 0.706. The van der Waals surface area contributed by atoms with E-state index in [0.717, 1.165) is 31.8 Å². The maximum Gasteiger partial charge on any atom is 0.303 e. The van der Waals surface area contributed by atoms with Crippen molar-refractivity contribution in [2.24, 2.45) is 22.7 Å². The van der Waals surface area contributed by atoms with Crippen LogP contribution >= 0.6 is 0 Å². The molecule has 1 fully saturated rings. The van der Waals surface area contributed by atoms with Crippen LogP contribution in [-0.4, -0.2) is 24.6 Å². The highest BCUT2D eigenvalue weighted by atomic mass is 16.5.